The van der Waals surface area contributed by atoms with Gasteiger partial charge in [-0.05, 0) is 0 Å². The number of nitrogens with zero attached hydrogens (tertiary/aromatic N) is 2. The molecule has 5 nitrogen and oxygen atoms in total. The zero-order chi connectivity index (χ0) is 9.68. The number of rotatable bonds is 4. The molecule has 1 aromatic rings. The van der Waals surface area contributed by atoms with Crippen molar-refractivity contribution in [1.82, 2.24) is 9.97 Å². The summed E-state index contributed by atoms with van der Waals surface area (Å²) in [5.41, 5.74) is 0.440. The molecule has 1 aromatic heterocycles. The van der Waals surface area contributed by atoms with Gasteiger partial charge in [0.1, 0.15) is 0 Å². The summed E-state index contributed by atoms with van der Waals surface area (Å²) in [5, 5.41) is 17.9. The highest BCUT2D eigenvalue weighted by Crippen LogP contribution is 2.13. The van der Waals surface area contributed by atoms with E-state index >= 15 is 0 Å². The molecule has 1 rings (SSSR count). The molecule has 5 heteroatoms. The molecule has 0 saturated carbocycles. The highest BCUT2D eigenvalue weighted by molar-refractivity contribution is 5.08. The Balaban J connectivity index is 2.67. The molecule has 0 spiro atoms. The number of hydrogen-bond acceptors (Lipinski definition) is 5. The van der Waals surface area contributed by atoms with Crippen LogP contribution in [0, 0.1) is 0 Å². The lowest BCUT2D eigenvalue weighted by Crippen LogP contribution is -2.03. The molecule has 1 atom stereocenters. The van der Waals surface area contributed by atoms with E-state index in [0.717, 1.165) is 0 Å². The topological polar surface area (TPSA) is 75.5 Å². The van der Waals surface area contributed by atoms with Crippen molar-refractivity contribution >= 4 is 0 Å². The third kappa shape index (κ3) is 2.64. The van der Waals surface area contributed by atoms with Crippen molar-refractivity contribution in [3.8, 4) is 5.88 Å². The van der Waals surface area contributed by atoms with Crippen molar-refractivity contribution in [3.63, 3.8) is 0 Å². The second kappa shape index (κ2) is 4.74. The average Bonchev–Trinajstić information content (AvgIpc) is 2.18. The molecule has 0 fully saturated rings. The van der Waals surface area contributed by atoms with Crippen LogP contribution in [0.2, 0.25) is 0 Å². The van der Waals surface area contributed by atoms with Gasteiger partial charge in [0.25, 0.3) is 0 Å². The monoisotopic (exact) mass is 184 g/mol. The van der Waals surface area contributed by atoms with E-state index < -0.39 is 6.10 Å². The molecule has 72 valence electrons. The predicted octanol–water partition coefficient (Wildman–Crippen LogP) is -0.0990. The highest BCUT2D eigenvalue weighted by atomic mass is 16.5. The summed E-state index contributed by atoms with van der Waals surface area (Å²) in [6.45, 7) is -0.0745. The first-order chi connectivity index (χ1) is 6.27. The van der Waals surface area contributed by atoms with E-state index in [0.29, 0.717) is 11.6 Å². The summed E-state index contributed by atoms with van der Waals surface area (Å²) < 4.78 is 4.80. The molecule has 13 heavy (non-hydrogen) atoms. The number of ether oxygens (including phenoxy) is 1. The number of aliphatic hydroxyl groups excluding tert-OH is 2. The van der Waals surface area contributed by atoms with Crippen LogP contribution in [-0.2, 0) is 0 Å². The van der Waals surface area contributed by atoms with Crippen LogP contribution in [0.15, 0.2) is 12.4 Å². The first-order valence-electron chi connectivity index (χ1n) is 3.92. The van der Waals surface area contributed by atoms with Crippen LogP contribution in [0.3, 0.4) is 0 Å². The summed E-state index contributed by atoms with van der Waals surface area (Å²) in [7, 11) is 1.49. The Hall–Kier alpha value is -1.20. The third-order valence-corrected chi connectivity index (χ3v) is 1.60. The van der Waals surface area contributed by atoms with Gasteiger partial charge >= 0.3 is 0 Å². The Morgan fingerprint density at radius 3 is 2.69 bits per heavy atom. The molecule has 0 aromatic carbocycles. The van der Waals surface area contributed by atoms with Crippen molar-refractivity contribution < 1.29 is 14.9 Å². The standard InChI is InChI=1S/C8H12N2O3/c1-13-8-5-9-6(4-10-8)7(12)2-3-11/h4-5,7,11-12H,2-3H2,1H3. The Kier molecular flexibility index (Phi) is 3.60. The van der Waals surface area contributed by atoms with Crippen molar-refractivity contribution in [3.05, 3.63) is 18.1 Å². The van der Waals surface area contributed by atoms with Gasteiger partial charge in [0, 0.05) is 13.0 Å². The van der Waals surface area contributed by atoms with Gasteiger partial charge in [0.15, 0.2) is 0 Å². The quantitative estimate of drug-likeness (QED) is 0.683. The van der Waals surface area contributed by atoms with Crippen LogP contribution in [0.4, 0.5) is 0 Å². The molecule has 0 saturated heterocycles. The smallest absolute Gasteiger partial charge is 0.231 e. The van der Waals surface area contributed by atoms with E-state index in [-0.39, 0.29) is 13.0 Å². The van der Waals surface area contributed by atoms with Gasteiger partial charge in [-0.2, -0.15) is 0 Å². The first-order valence-corrected chi connectivity index (χ1v) is 3.92. The van der Waals surface area contributed by atoms with Crippen LogP contribution in [-0.4, -0.2) is 33.9 Å². The second-order valence-electron chi connectivity index (χ2n) is 2.51. The zero-order valence-electron chi connectivity index (χ0n) is 7.34. The largest absolute Gasteiger partial charge is 0.480 e. The van der Waals surface area contributed by atoms with E-state index in [1.807, 2.05) is 0 Å². The molecule has 1 unspecified atom stereocenters. The number of hydrogen-bond donors (Lipinski definition) is 2. The minimum Gasteiger partial charge on any atom is -0.480 e. The molecule has 0 bridgehead atoms. The Morgan fingerprint density at radius 2 is 2.23 bits per heavy atom. The van der Waals surface area contributed by atoms with Crippen LogP contribution < -0.4 is 4.74 Å². The predicted molar refractivity (Wildman–Crippen MR) is 45.2 cm³/mol. The minimum absolute atomic E-state index is 0.0745. The van der Waals surface area contributed by atoms with Crippen LogP contribution >= 0.6 is 0 Å². The van der Waals surface area contributed by atoms with Gasteiger partial charge < -0.3 is 14.9 Å². The summed E-state index contributed by atoms with van der Waals surface area (Å²) in [6, 6.07) is 0. The van der Waals surface area contributed by atoms with Gasteiger partial charge in [0.2, 0.25) is 5.88 Å². The molecule has 1 heterocycles. The van der Waals surface area contributed by atoms with Gasteiger partial charge in [-0.1, -0.05) is 0 Å². The molecule has 0 aliphatic carbocycles. The fraction of sp³-hybridized carbons (Fsp3) is 0.500. The molecule has 0 amide bonds. The summed E-state index contributed by atoms with van der Waals surface area (Å²) in [6.07, 6.45) is 2.36. The van der Waals surface area contributed by atoms with E-state index in [4.69, 9.17) is 9.84 Å². The second-order valence-corrected chi connectivity index (χ2v) is 2.51. The number of methoxy groups -OCH3 is 1. The zero-order valence-corrected chi connectivity index (χ0v) is 7.34. The lowest BCUT2D eigenvalue weighted by molar-refractivity contribution is 0.130. The van der Waals surface area contributed by atoms with Crippen LogP contribution in [0.5, 0.6) is 5.88 Å². The van der Waals surface area contributed by atoms with Gasteiger partial charge in [0.05, 0.1) is 31.3 Å². The lowest BCUT2D eigenvalue weighted by atomic mass is 10.2. The average molecular weight is 184 g/mol. The Morgan fingerprint density at radius 1 is 1.46 bits per heavy atom. The minimum atomic E-state index is -0.761. The summed E-state index contributed by atoms with van der Waals surface area (Å²) >= 11 is 0. The third-order valence-electron chi connectivity index (χ3n) is 1.60. The fourth-order valence-corrected chi connectivity index (χ4v) is 0.874. The molecule has 0 radical (unpaired) electrons. The molecule has 2 N–H and O–H groups in total. The summed E-state index contributed by atoms with van der Waals surface area (Å²) in [5.74, 6) is 0.403. The van der Waals surface area contributed by atoms with Crippen LogP contribution in [0.25, 0.3) is 0 Å². The molecule has 0 aliphatic heterocycles. The fourth-order valence-electron chi connectivity index (χ4n) is 0.874. The van der Waals surface area contributed by atoms with Gasteiger partial charge in [-0.25, -0.2) is 4.98 Å². The maximum Gasteiger partial charge on any atom is 0.231 e. The maximum atomic E-state index is 9.38. The van der Waals surface area contributed by atoms with Gasteiger partial charge in [-0.15, -0.1) is 0 Å². The van der Waals surface area contributed by atoms with E-state index in [1.165, 1.54) is 19.5 Å². The van der Waals surface area contributed by atoms with Crippen molar-refractivity contribution in [2.45, 2.75) is 12.5 Å². The molecular weight excluding hydrogens is 172 g/mol. The van der Waals surface area contributed by atoms with Gasteiger partial charge in [-0.3, -0.25) is 4.98 Å². The maximum absolute atomic E-state index is 9.38. The van der Waals surface area contributed by atoms with E-state index in [1.54, 1.807) is 0 Å². The summed E-state index contributed by atoms with van der Waals surface area (Å²) in [4.78, 5) is 7.79. The van der Waals surface area contributed by atoms with E-state index in [9.17, 15) is 5.11 Å². The van der Waals surface area contributed by atoms with Crippen molar-refractivity contribution in [1.29, 1.82) is 0 Å². The van der Waals surface area contributed by atoms with Crippen molar-refractivity contribution in [2.75, 3.05) is 13.7 Å². The lowest BCUT2D eigenvalue weighted by Gasteiger charge is -2.07. The Bertz CT molecular complexity index is 250. The number of aromatic nitrogens is 2. The normalized spacial score (nSPS) is 12.5. The Labute approximate surface area is 76.0 Å². The molecular formula is C8H12N2O3. The van der Waals surface area contributed by atoms with E-state index in [2.05, 4.69) is 9.97 Å². The number of aliphatic hydroxyl groups is 2. The SMILES string of the molecule is COc1cnc(C(O)CCO)cn1. The van der Waals surface area contributed by atoms with Crippen molar-refractivity contribution in [2.24, 2.45) is 0 Å². The first kappa shape index (κ1) is 9.88. The van der Waals surface area contributed by atoms with Crippen LogP contribution in [0.1, 0.15) is 18.2 Å². The molecule has 0 aliphatic rings. The highest BCUT2D eigenvalue weighted by Gasteiger charge is 2.08.